The molecule has 0 saturated carbocycles. The van der Waals surface area contributed by atoms with E-state index in [1.807, 2.05) is 43.3 Å². The monoisotopic (exact) mass is 420 g/mol. The summed E-state index contributed by atoms with van der Waals surface area (Å²) < 4.78 is 0. The molecule has 30 heavy (non-hydrogen) atoms. The quantitative estimate of drug-likeness (QED) is 0.454. The molecule has 0 fully saturated rings. The fraction of sp³-hybridized carbons (Fsp3) is 0.174. The van der Waals surface area contributed by atoms with Crippen LogP contribution in [-0.2, 0) is 11.3 Å². The third-order valence-electron chi connectivity index (χ3n) is 5.01. The molecule has 3 N–H and O–H groups in total. The number of aromatic amines is 1. The van der Waals surface area contributed by atoms with Crippen LogP contribution in [0.1, 0.15) is 28.7 Å². The number of benzene rings is 2. The number of aromatic nitrogens is 2. The molecule has 2 amide bonds. The average Bonchev–Trinajstić information content (AvgIpc) is 3.11. The Morgan fingerprint density at radius 3 is 2.70 bits per heavy atom. The van der Waals surface area contributed by atoms with E-state index in [-0.39, 0.29) is 11.6 Å². The summed E-state index contributed by atoms with van der Waals surface area (Å²) in [6.45, 7) is 3.83. The zero-order chi connectivity index (χ0) is 21.3. The van der Waals surface area contributed by atoms with E-state index in [0.29, 0.717) is 11.6 Å². The van der Waals surface area contributed by atoms with Crippen LogP contribution in [0.4, 0.5) is 0 Å². The van der Waals surface area contributed by atoms with E-state index in [1.54, 1.807) is 25.1 Å². The number of hydrogen-bond donors (Lipinski definition) is 3. The third kappa shape index (κ3) is 4.00. The molecule has 6 nitrogen and oxygen atoms in total. The molecule has 0 unspecified atom stereocenters. The van der Waals surface area contributed by atoms with Crippen LogP contribution in [0.3, 0.4) is 0 Å². The predicted octanol–water partition coefficient (Wildman–Crippen LogP) is 4.11. The van der Waals surface area contributed by atoms with Crippen molar-refractivity contribution in [3.05, 3.63) is 76.6 Å². The molecule has 0 saturated heterocycles. The van der Waals surface area contributed by atoms with Crippen molar-refractivity contribution in [2.45, 2.75) is 26.4 Å². The summed E-state index contributed by atoms with van der Waals surface area (Å²) in [4.78, 5) is 32.9. The van der Waals surface area contributed by atoms with Crippen molar-refractivity contribution >= 4 is 45.2 Å². The van der Waals surface area contributed by atoms with E-state index in [0.717, 1.165) is 33.1 Å². The molecule has 7 heteroatoms. The minimum absolute atomic E-state index is 0.277. The van der Waals surface area contributed by atoms with Crippen molar-refractivity contribution in [1.29, 1.82) is 0 Å². The van der Waals surface area contributed by atoms with Gasteiger partial charge in [-0.1, -0.05) is 41.9 Å². The SMILES string of the molecule is Cc1nc(C(=O)N[C@@H](C)C(=O)NCc2cccc(Cl)c2)cc2c1[nH]c1ccccc12. The molecular formula is C23H21ClN4O2. The summed E-state index contributed by atoms with van der Waals surface area (Å²) in [5.74, 6) is -0.677. The summed E-state index contributed by atoms with van der Waals surface area (Å²) in [6, 6.07) is 16.2. The minimum atomic E-state index is -0.711. The van der Waals surface area contributed by atoms with Crippen LogP contribution < -0.4 is 10.6 Å². The van der Waals surface area contributed by atoms with Crippen molar-refractivity contribution in [2.75, 3.05) is 0 Å². The standard InChI is InChI=1S/C23H21ClN4O2/c1-13-21-18(17-8-3-4-9-19(17)28-21)11-20(26-13)23(30)27-14(2)22(29)25-12-15-6-5-7-16(24)10-15/h3-11,14,28H,12H2,1-2H3,(H,25,29)(H,27,30)/t14-/m0/s1. The zero-order valence-electron chi connectivity index (χ0n) is 16.6. The number of para-hydroxylation sites is 1. The van der Waals surface area contributed by atoms with Gasteiger partial charge in [0.2, 0.25) is 5.91 Å². The molecule has 1 atom stereocenters. The number of nitrogens with zero attached hydrogens (tertiary/aromatic N) is 1. The van der Waals surface area contributed by atoms with Crippen LogP contribution in [0.5, 0.6) is 0 Å². The predicted molar refractivity (Wildman–Crippen MR) is 119 cm³/mol. The number of nitrogens with one attached hydrogen (secondary N) is 3. The Labute approximate surface area is 178 Å². The number of rotatable bonds is 5. The van der Waals surface area contributed by atoms with Crippen LogP contribution in [0.15, 0.2) is 54.6 Å². The van der Waals surface area contributed by atoms with Crippen molar-refractivity contribution in [3.63, 3.8) is 0 Å². The van der Waals surface area contributed by atoms with Gasteiger partial charge in [0, 0.05) is 27.9 Å². The summed E-state index contributed by atoms with van der Waals surface area (Å²) in [7, 11) is 0. The van der Waals surface area contributed by atoms with Gasteiger partial charge in [0.25, 0.3) is 5.91 Å². The number of fused-ring (bicyclic) bond motifs is 3. The third-order valence-corrected chi connectivity index (χ3v) is 5.24. The van der Waals surface area contributed by atoms with Gasteiger partial charge in [-0.05, 0) is 43.7 Å². The second-order valence-corrected chi connectivity index (χ2v) is 7.67. The topological polar surface area (TPSA) is 86.9 Å². The first-order valence-electron chi connectivity index (χ1n) is 9.63. The molecule has 0 aliphatic heterocycles. The number of hydrogen-bond acceptors (Lipinski definition) is 3. The highest BCUT2D eigenvalue weighted by molar-refractivity contribution is 6.30. The number of carbonyl (C=O) groups excluding carboxylic acids is 2. The van der Waals surface area contributed by atoms with Crippen molar-refractivity contribution < 1.29 is 9.59 Å². The van der Waals surface area contributed by atoms with Crippen LogP contribution in [-0.4, -0.2) is 27.8 Å². The molecule has 0 bridgehead atoms. The Morgan fingerprint density at radius 2 is 1.90 bits per heavy atom. The zero-order valence-corrected chi connectivity index (χ0v) is 17.4. The molecule has 0 aliphatic carbocycles. The van der Waals surface area contributed by atoms with Gasteiger partial charge in [0.1, 0.15) is 11.7 Å². The fourth-order valence-electron chi connectivity index (χ4n) is 3.45. The van der Waals surface area contributed by atoms with E-state index < -0.39 is 11.9 Å². The summed E-state index contributed by atoms with van der Waals surface area (Å²) >= 11 is 5.96. The molecular weight excluding hydrogens is 400 g/mol. The maximum atomic E-state index is 12.8. The number of aryl methyl sites for hydroxylation is 1. The van der Waals surface area contributed by atoms with Crippen LogP contribution >= 0.6 is 11.6 Å². The first-order chi connectivity index (χ1) is 14.4. The molecule has 2 heterocycles. The van der Waals surface area contributed by atoms with Gasteiger partial charge in [-0.25, -0.2) is 4.98 Å². The molecule has 0 aliphatic rings. The highest BCUT2D eigenvalue weighted by Gasteiger charge is 2.19. The van der Waals surface area contributed by atoms with Gasteiger partial charge in [-0.3, -0.25) is 9.59 Å². The normalized spacial score (nSPS) is 12.1. The molecule has 152 valence electrons. The van der Waals surface area contributed by atoms with Crippen molar-refractivity contribution in [1.82, 2.24) is 20.6 Å². The Balaban J connectivity index is 1.48. The Kier molecular flexibility index (Phi) is 5.42. The second kappa shape index (κ2) is 8.16. The number of pyridine rings is 1. The maximum absolute atomic E-state index is 12.8. The first kappa shape index (κ1) is 19.9. The first-order valence-corrected chi connectivity index (χ1v) is 10.0. The van der Waals surface area contributed by atoms with E-state index >= 15 is 0 Å². The van der Waals surface area contributed by atoms with Gasteiger partial charge >= 0.3 is 0 Å². The van der Waals surface area contributed by atoms with Crippen LogP contribution in [0.2, 0.25) is 5.02 Å². The smallest absolute Gasteiger partial charge is 0.270 e. The lowest BCUT2D eigenvalue weighted by atomic mass is 10.1. The van der Waals surface area contributed by atoms with Gasteiger partial charge < -0.3 is 15.6 Å². The number of H-pyrrole nitrogens is 1. The number of amides is 2. The number of carbonyl (C=O) groups is 2. The lowest BCUT2D eigenvalue weighted by molar-refractivity contribution is -0.122. The van der Waals surface area contributed by atoms with Crippen molar-refractivity contribution in [2.24, 2.45) is 0 Å². The Bertz CT molecular complexity index is 1260. The van der Waals surface area contributed by atoms with Gasteiger partial charge in [-0.15, -0.1) is 0 Å². The lowest BCUT2D eigenvalue weighted by Gasteiger charge is -2.14. The molecule has 0 radical (unpaired) electrons. The molecule has 0 spiro atoms. The molecule has 4 rings (SSSR count). The van der Waals surface area contributed by atoms with Crippen molar-refractivity contribution in [3.8, 4) is 0 Å². The number of halogens is 1. The van der Waals surface area contributed by atoms with E-state index in [4.69, 9.17) is 11.6 Å². The molecule has 4 aromatic rings. The van der Waals surface area contributed by atoms with Gasteiger partial charge in [-0.2, -0.15) is 0 Å². The van der Waals surface area contributed by atoms with E-state index in [1.165, 1.54) is 0 Å². The largest absolute Gasteiger partial charge is 0.353 e. The van der Waals surface area contributed by atoms with Gasteiger partial charge in [0.15, 0.2) is 0 Å². The van der Waals surface area contributed by atoms with Crippen LogP contribution in [0.25, 0.3) is 21.8 Å². The fourth-order valence-corrected chi connectivity index (χ4v) is 3.66. The van der Waals surface area contributed by atoms with Crippen LogP contribution in [0, 0.1) is 6.92 Å². The Morgan fingerprint density at radius 1 is 1.10 bits per heavy atom. The molecule has 2 aromatic carbocycles. The lowest BCUT2D eigenvalue weighted by Crippen LogP contribution is -2.44. The van der Waals surface area contributed by atoms with E-state index in [9.17, 15) is 9.59 Å². The highest BCUT2D eigenvalue weighted by Crippen LogP contribution is 2.27. The second-order valence-electron chi connectivity index (χ2n) is 7.23. The van der Waals surface area contributed by atoms with Gasteiger partial charge in [0.05, 0.1) is 11.2 Å². The maximum Gasteiger partial charge on any atom is 0.270 e. The Hall–Kier alpha value is -3.38. The molecule has 2 aromatic heterocycles. The van der Waals surface area contributed by atoms with E-state index in [2.05, 4.69) is 20.6 Å². The highest BCUT2D eigenvalue weighted by atomic mass is 35.5. The summed E-state index contributed by atoms with van der Waals surface area (Å²) in [6.07, 6.45) is 0. The minimum Gasteiger partial charge on any atom is -0.353 e. The average molecular weight is 421 g/mol. The summed E-state index contributed by atoms with van der Waals surface area (Å²) in [5, 5.41) is 8.10. The summed E-state index contributed by atoms with van der Waals surface area (Å²) in [5.41, 5.74) is 3.78.